The molecule has 0 aliphatic heterocycles. The van der Waals surface area contributed by atoms with E-state index in [0.29, 0.717) is 11.4 Å². The molecule has 0 bridgehead atoms. The topological polar surface area (TPSA) is 89.4 Å². The molecular weight excluding hydrogens is 268 g/mol. The Hall–Kier alpha value is -2.49. The second kappa shape index (κ2) is 6.31. The summed E-state index contributed by atoms with van der Waals surface area (Å²) in [6, 6.07) is 3.80. The Morgan fingerprint density at radius 3 is 2.81 bits per heavy atom. The average molecular weight is 286 g/mol. The Labute approximate surface area is 122 Å². The molecule has 0 unspecified atom stereocenters. The molecule has 7 nitrogen and oxygen atoms in total. The van der Waals surface area contributed by atoms with E-state index < -0.39 is 0 Å². The zero-order valence-corrected chi connectivity index (χ0v) is 12.5. The summed E-state index contributed by atoms with van der Waals surface area (Å²) < 4.78 is 3.25. The van der Waals surface area contributed by atoms with E-state index in [4.69, 9.17) is 5.26 Å². The van der Waals surface area contributed by atoms with E-state index in [1.807, 2.05) is 19.1 Å². The summed E-state index contributed by atoms with van der Waals surface area (Å²) in [5, 5.41) is 20.7. The molecule has 0 spiro atoms. The van der Waals surface area contributed by atoms with Crippen molar-refractivity contribution >= 4 is 0 Å². The first-order valence-electron chi connectivity index (χ1n) is 6.94. The molecule has 0 aromatic carbocycles. The number of hydrogen-bond acceptors (Lipinski definition) is 5. The first kappa shape index (κ1) is 14.9. The standard InChI is InChI=1S/C14H18N6O/c1-4-5-6-20-13(16-17-18-20)9-19-11(3)7-10(2)12(8-15)14(19)21/h7H,4-6,9H2,1-3H3. The SMILES string of the molecule is CCCCn1nnnc1Cn1c(C)cc(C)c(C#N)c1=O. The van der Waals surface area contributed by atoms with Crippen LogP contribution in [0.1, 0.15) is 42.4 Å². The molecular formula is C14H18N6O. The van der Waals surface area contributed by atoms with Gasteiger partial charge in [-0.05, 0) is 42.3 Å². The van der Waals surface area contributed by atoms with Crippen molar-refractivity contribution in [3.8, 4) is 6.07 Å². The Morgan fingerprint density at radius 2 is 2.14 bits per heavy atom. The lowest BCUT2D eigenvalue weighted by Crippen LogP contribution is -2.27. The molecule has 0 saturated heterocycles. The summed E-state index contributed by atoms with van der Waals surface area (Å²) in [7, 11) is 0. The van der Waals surface area contributed by atoms with Gasteiger partial charge >= 0.3 is 0 Å². The van der Waals surface area contributed by atoms with Crippen LogP contribution in [0.3, 0.4) is 0 Å². The van der Waals surface area contributed by atoms with Gasteiger partial charge in [0.25, 0.3) is 5.56 Å². The Balaban J connectivity index is 2.39. The lowest BCUT2D eigenvalue weighted by Gasteiger charge is -2.11. The maximum Gasteiger partial charge on any atom is 0.269 e. The highest BCUT2D eigenvalue weighted by atomic mass is 16.1. The highest BCUT2D eigenvalue weighted by molar-refractivity contribution is 5.36. The van der Waals surface area contributed by atoms with E-state index in [0.717, 1.165) is 25.1 Å². The molecule has 7 heteroatoms. The van der Waals surface area contributed by atoms with Crippen LogP contribution in [0.15, 0.2) is 10.9 Å². The molecule has 0 saturated carbocycles. The van der Waals surface area contributed by atoms with Crippen LogP contribution >= 0.6 is 0 Å². The largest absolute Gasteiger partial charge is 0.304 e. The van der Waals surface area contributed by atoms with Crippen LogP contribution in [0.2, 0.25) is 0 Å². The van der Waals surface area contributed by atoms with Gasteiger partial charge < -0.3 is 4.57 Å². The van der Waals surface area contributed by atoms with Gasteiger partial charge in [-0.15, -0.1) is 5.10 Å². The molecule has 21 heavy (non-hydrogen) atoms. The zero-order chi connectivity index (χ0) is 15.4. The van der Waals surface area contributed by atoms with E-state index >= 15 is 0 Å². The van der Waals surface area contributed by atoms with Gasteiger partial charge in [0.15, 0.2) is 5.82 Å². The van der Waals surface area contributed by atoms with Gasteiger partial charge in [0, 0.05) is 12.2 Å². The monoisotopic (exact) mass is 286 g/mol. The van der Waals surface area contributed by atoms with E-state index in [1.54, 1.807) is 16.2 Å². The van der Waals surface area contributed by atoms with Crippen LogP contribution in [-0.2, 0) is 13.1 Å². The van der Waals surface area contributed by atoms with Crippen molar-refractivity contribution in [1.82, 2.24) is 24.8 Å². The summed E-state index contributed by atoms with van der Waals surface area (Å²) in [5.74, 6) is 0.626. The number of nitrogens with zero attached hydrogens (tertiary/aromatic N) is 6. The molecule has 0 aliphatic carbocycles. The molecule has 2 aromatic rings. The molecule has 2 aromatic heterocycles. The van der Waals surface area contributed by atoms with Crippen LogP contribution in [0.25, 0.3) is 0 Å². The molecule has 0 amide bonds. The van der Waals surface area contributed by atoms with E-state index in [9.17, 15) is 4.79 Å². The second-order valence-electron chi connectivity index (χ2n) is 5.02. The van der Waals surface area contributed by atoms with Crippen LogP contribution in [0, 0.1) is 25.2 Å². The van der Waals surface area contributed by atoms with Crippen molar-refractivity contribution in [3.63, 3.8) is 0 Å². The number of aryl methyl sites for hydroxylation is 3. The first-order chi connectivity index (χ1) is 10.1. The van der Waals surface area contributed by atoms with E-state index in [1.165, 1.54) is 0 Å². The molecule has 0 aliphatic rings. The summed E-state index contributed by atoms with van der Waals surface area (Å²) in [6.45, 7) is 6.70. The fourth-order valence-corrected chi connectivity index (χ4v) is 2.22. The van der Waals surface area contributed by atoms with Gasteiger partial charge in [-0.1, -0.05) is 13.3 Å². The molecule has 0 N–H and O–H groups in total. The number of pyridine rings is 1. The quantitative estimate of drug-likeness (QED) is 0.823. The Bertz CT molecular complexity index is 737. The van der Waals surface area contributed by atoms with Crippen LogP contribution in [-0.4, -0.2) is 24.8 Å². The van der Waals surface area contributed by atoms with Crippen molar-refractivity contribution in [2.45, 2.75) is 46.7 Å². The predicted octanol–water partition coefficient (Wildman–Crippen LogP) is 1.17. The molecule has 2 rings (SSSR count). The average Bonchev–Trinajstić information content (AvgIpc) is 2.88. The third-order valence-corrected chi connectivity index (χ3v) is 3.45. The maximum absolute atomic E-state index is 12.4. The number of nitriles is 1. The predicted molar refractivity (Wildman–Crippen MR) is 76.7 cm³/mol. The van der Waals surface area contributed by atoms with Crippen molar-refractivity contribution in [1.29, 1.82) is 5.26 Å². The van der Waals surface area contributed by atoms with Crippen molar-refractivity contribution < 1.29 is 0 Å². The highest BCUT2D eigenvalue weighted by Gasteiger charge is 2.13. The minimum absolute atomic E-state index is 0.174. The first-order valence-corrected chi connectivity index (χ1v) is 6.94. The molecule has 0 fully saturated rings. The number of unbranched alkanes of at least 4 members (excludes halogenated alkanes) is 1. The van der Waals surface area contributed by atoms with Crippen LogP contribution in [0.5, 0.6) is 0 Å². The molecule has 110 valence electrons. The highest BCUT2D eigenvalue weighted by Crippen LogP contribution is 2.07. The fourth-order valence-electron chi connectivity index (χ4n) is 2.22. The van der Waals surface area contributed by atoms with Gasteiger partial charge in [-0.3, -0.25) is 4.79 Å². The summed E-state index contributed by atoms with van der Waals surface area (Å²) in [4.78, 5) is 12.4. The van der Waals surface area contributed by atoms with Gasteiger partial charge in [-0.2, -0.15) is 5.26 Å². The van der Waals surface area contributed by atoms with Crippen molar-refractivity contribution in [2.75, 3.05) is 0 Å². The molecule has 0 radical (unpaired) electrons. The number of aromatic nitrogens is 5. The lowest BCUT2D eigenvalue weighted by molar-refractivity contribution is 0.519. The smallest absolute Gasteiger partial charge is 0.269 e. The van der Waals surface area contributed by atoms with Crippen molar-refractivity contribution in [2.24, 2.45) is 0 Å². The second-order valence-corrected chi connectivity index (χ2v) is 5.02. The van der Waals surface area contributed by atoms with E-state index in [2.05, 4.69) is 22.4 Å². The molecule has 0 atom stereocenters. The van der Waals surface area contributed by atoms with Crippen LogP contribution < -0.4 is 5.56 Å². The van der Waals surface area contributed by atoms with Crippen LogP contribution in [0.4, 0.5) is 0 Å². The number of rotatable bonds is 5. The number of tetrazole rings is 1. The Kier molecular flexibility index (Phi) is 4.48. The van der Waals surface area contributed by atoms with Gasteiger partial charge in [-0.25, -0.2) is 4.68 Å². The minimum atomic E-state index is -0.292. The minimum Gasteiger partial charge on any atom is -0.304 e. The third-order valence-electron chi connectivity index (χ3n) is 3.45. The third kappa shape index (κ3) is 2.99. The van der Waals surface area contributed by atoms with Gasteiger partial charge in [0.2, 0.25) is 0 Å². The Morgan fingerprint density at radius 1 is 1.38 bits per heavy atom. The number of hydrogen-bond donors (Lipinski definition) is 0. The summed E-state index contributed by atoms with van der Waals surface area (Å²) in [6.07, 6.45) is 2.02. The normalized spacial score (nSPS) is 10.6. The van der Waals surface area contributed by atoms with Crippen molar-refractivity contribution in [3.05, 3.63) is 39.1 Å². The van der Waals surface area contributed by atoms with Gasteiger partial charge in [0.05, 0.1) is 6.54 Å². The summed E-state index contributed by atoms with van der Waals surface area (Å²) in [5.41, 5.74) is 1.37. The maximum atomic E-state index is 12.4. The zero-order valence-electron chi connectivity index (χ0n) is 12.5. The summed E-state index contributed by atoms with van der Waals surface area (Å²) >= 11 is 0. The van der Waals surface area contributed by atoms with E-state index in [-0.39, 0.29) is 17.7 Å². The van der Waals surface area contributed by atoms with Gasteiger partial charge in [0.1, 0.15) is 11.6 Å². The lowest BCUT2D eigenvalue weighted by atomic mass is 10.1. The molecule has 2 heterocycles. The fraction of sp³-hybridized carbons (Fsp3) is 0.500.